The lowest BCUT2D eigenvalue weighted by molar-refractivity contribution is -0.131. The van der Waals surface area contributed by atoms with E-state index in [1.807, 2.05) is 0 Å². The molecule has 0 aromatic heterocycles. The van der Waals surface area contributed by atoms with Crippen LogP contribution >= 0.6 is 0 Å². The number of carbonyl (C=O) groups excluding carboxylic acids is 1. The van der Waals surface area contributed by atoms with Crippen LogP contribution in [-0.4, -0.2) is 24.0 Å². The highest BCUT2D eigenvalue weighted by atomic mass is 19.1. The summed E-state index contributed by atoms with van der Waals surface area (Å²) in [6.07, 6.45) is 0.501. The average Bonchev–Trinajstić information content (AvgIpc) is 2.26. The predicted molar refractivity (Wildman–Crippen MR) is 54.3 cm³/mol. The molecule has 0 aliphatic heterocycles. The zero-order valence-electron chi connectivity index (χ0n) is 8.91. The number of ketones is 1. The first-order chi connectivity index (χ1) is 7.51. The van der Waals surface area contributed by atoms with Gasteiger partial charge in [0.25, 0.3) is 5.78 Å². The Hall–Kier alpha value is -1.91. The summed E-state index contributed by atoms with van der Waals surface area (Å²) in [7, 11) is 1.18. The molecular formula is C11H11FO4. The summed E-state index contributed by atoms with van der Waals surface area (Å²) in [5, 5.41) is 8.58. The number of benzene rings is 1. The van der Waals surface area contributed by atoms with E-state index in [1.165, 1.54) is 19.2 Å². The standard InChI is InChI=1S/C11H11FO4/c1-3-6-4-7(9(13)11(14)15)10(16-2)8(12)5-6/h4-5H,3H2,1-2H3,(H,14,15). The van der Waals surface area contributed by atoms with Crippen LogP contribution in [0.1, 0.15) is 22.8 Å². The second-order valence-electron chi connectivity index (χ2n) is 3.15. The number of rotatable bonds is 4. The maximum atomic E-state index is 13.5. The zero-order valence-corrected chi connectivity index (χ0v) is 8.91. The predicted octanol–water partition coefficient (Wildman–Crippen LogP) is 1.66. The molecule has 0 saturated carbocycles. The number of ether oxygens (including phenoxy) is 1. The van der Waals surface area contributed by atoms with E-state index in [0.717, 1.165) is 0 Å². The van der Waals surface area contributed by atoms with Crippen molar-refractivity contribution in [2.45, 2.75) is 13.3 Å². The lowest BCUT2D eigenvalue weighted by atomic mass is 10.0. The molecule has 1 rings (SSSR count). The van der Waals surface area contributed by atoms with Crippen LogP contribution in [0.15, 0.2) is 12.1 Å². The SMILES string of the molecule is CCc1cc(F)c(OC)c(C(=O)C(=O)O)c1. The number of methoxy groups -OCH3 is 1. The topological polar surface area (TPSA) is 63.6 Å². The van der Waals surface area contributed by atoms with Gasteiger partial charge in [0.05, 0.1) is 12.7 Å². The summed E-state index contributed by atoms with van der Waals surface area (Å²) in [5.41, 5.74) is 0.287. The third-order valence-corrected chi connectivity index (χ3v) is 2.15. The average molecular weight is 226 g/mol. The van der Waals surface area contributed by atoms with Gasteiger partial charge in [0, 0.05) is 0 Å². The Morgan fingerprint density at radius 1 is 1.44 bits per heavy atom. The number of carboxylic acids is 1. The van der Waals surface area contributed by atoms with E-state index in [9.17, 15) is 14.0 Å². The molecule has 0 aliphatic rings. The van der Waals surface area contributed by atoms with Crippen molar-refractivity contribution in [2.75, 3.05) is 7.11 Å². The minimum absolute atomic E-state index is 0.258. The van der Waals surface area contributed by atoms with Crippen LogP contribution in [0.25, 0.3) is 0 Å². The van der Waals surface area contributed by atoms with Gasteiger partial charge in [-0.2, -0.15) is 0 Å². The third-order valence-electron chi connectivity index (χ3n) is 2.15. The van der Waals surface area contributed by atoms with Crippen LogP contribution in [-0.2, 0) is 11.2 Å². The number of aliphatic carboxylic acids is 1. The van der Waals surface area contributed by atoms with E-state index in [4.69, 9.17) is 5.11 Å². The first-order valence-corrected chi connectivity index (χ1v) is 4.65. The van der Waals surface area contributed by atoms with Crippen molar-refractivity contribution < 1.29 is 23.8 Å². The van der Waals surface area contributed by atoms with E-state index < -0.39 is 17.6 Å². The molecule has 1 aromatic rings. The first kappa shape index (κ1) is 12.2. The van der Waals surface area contributed by atoms with Gasteiger partial charge in [0.1, 0.15) is 0 Å². The van der Waals surface area contributed by atoms with Gasteiger partial charge in [-0.25, -0.2) is 9.18 Å². The number of hydrogen-bond donors (Lipinski definition) is 1. The van der Waals surface area contributed by atoms with Gasteiger partial charge in [0.2, 0.25) is 0 Å². The molecule has 1 aromatic carbocycles. The molecule has 0 aliphatic carbocycles. The van der Waals surface area contributed by atoms with Gasteiger partial charge >= 0.3 is 5.97 Å². The smallest absolute Gasteiger partial charge is 0.377 e. The highest BCUT2D eigenvalue weighted by molar-refractivity contribution is 6.40. The van der Waals surface area contributed by atoms with Gasteiger partial charge in [-0.1, -0.05) is 6.92 Å². The molecule has 0 atom stereocenters. The maximum absolute atomic E-state index is 13.5. The van der Waals surface area contributed by atoms with E-state index in [0.29, 0.717) is 12.0 Å². The van der Waals surface area contributed by atoms with Gasteiger partial charge in [0.15, 0.2) is 11.6 Å². The van der Waals surface area contributed by atoms with E-state index in [-0.39, 0.29) is 11.3 Å². The van der Waals surface area contributed by atoms with Crippen molar-refractivity contribution in [1.82, 2.24) is 0 Å². The molecule has 0 unspecified atom stereocenters. The zero-order chi connectivity index (χ0) is 12.3. The molecule has 5 heteroatoms. The summed E-state index contributed by atoms with van der Waals surface area (Å²) >= 11 is 0. The molecule has 4 nitrogen and oxygen atoms in total. The normalized spacial score (nSPS) is 9.94. The lowest BCUT2D eigenvalue weighted by Gasteiger charge is -2.08. The lowest BCUT2D eigenvalue weighted by Crippen LogP contribution is -2.15. The van der Waals surface area contributed by atoms with Crippen LogP contribution in [0.3, 0.4) is 0 Å². The molecule has 0 spiro atoms. The maximum Gasteiger partial charge on any atom is 0.377 e. The summed E-state index contributed by atoms with van der Waals surface area (Å²) in [5.74, 6) is -3.87. The van der Waals surface area contributed by atoms with E-state index in [1.54, 1.807) is 6.92 Å². The number of Topliss-reactive ketones (excluding diaryl/α,β-unsaturated/α-hetero) is 1. The number of carbonyl (C=O) groups is 2. The molecule has 16 heavy (non-hydrogen) atoms. The van der Waals surface area contributed by atoms with Crippen molar-refractivity contribution in [3.05, 3.63) is 29.1 Å². The molecule has 1 N–H and O–H groups in total. The summed E-state index contributed by atoms with van der Waals surface area (Å²) in [4.78, 5) is 21.8. The van der Waals surface area contributed by atoms with Crippen molar-refractivity contribution >= 4 is 11.8 Å². The summed E-state index contributed by atoms with van der Waals surface area (Å²) in [6.45, 7) is 1.77. The molecule has 0 amide bonds. The molecule has 0 radical (unpaired) electrons. The van der Waals surface area contributed by atoms with Gasteiger partial charge in [-0.05, 0) is 24.1 Å². The van der Waals surface area contributed by atoms with Crippen molar-refractivity contribution in [2.24, 2.45) is 0 Å². The number of halogens is 1. The van der Waals surface area contributed by atoms with E-state index >= 15 is 0 Å². The minimum atomic E-state index is -1.63. The van der Waals surface area contributed by atoms with Gasteiger partial charge in [-0.3, -0.25) is 4.79 Å². The highest BCUT2D eigenvalue weighted by Gasteiger charge is 2.22. The van der Waals surface area contributed by atoms with Crippen molar-refractivity contribution in [3.8, 4) is 5.75 Å². The fourth-order valence-electron chi connectivity index (χ4n) is 1.35. The summed E-state index contributed by atoms with van der Waals surface area (Å²) < 4.78 is 18.1. The fraction of sp³-hybridized carbons (Fsp3) is 0.273. The fourth-order valence-corrected chi connectivity index (χ4v) is 1.35. The van der Waals surface area contributed by atoms with Gasteiger partial charge in [-0.15, -0.1) is 0 Å². The quantitative estimate of drug-likeness (QED) is 0.626. The second kappa shape index (κ2) is 4.74. The Morgan fingerprint density at radius 2 is 2.06 bits per heavy atom. The number of carboxylic acid groups (broad SMARTS) is 1. The van der Waals surface area contributed by atoms with Crippen LogP contribution < -0.4 is 4.74 Å². The Bertz CT molecular complexity index is 440. The highest BCUT2D eigenvalue weighted by Crippen LogP contribution is 2.25. The molecule has 86 valence electrons. The largest absolute Gasteiger partial charge is 0.493 e. The van der Waals surface area contributed by atoms with E-state index in [2.05, 4.69) is 4.74 Å². The first-order valence-electron chi connectivity index (χ1n) is 4.65. The third kappa shape index (κ3) is 2.18. The van der Waals surface area contributed by atoms with Crippen LogP contribution in [0, 0.1) is 5.82 Å². The molecular weight excluding hydrogens is 215 g/mol. The Balaban J connectivity index is 3.39. The number of hydrogen-bond acceptors (Lipinski definition) is 3. The second-order valence-corrected chi connectivity index (χ2v) is 3.15. The number of aryl methyl sites for hydroxylation is 1. The van der Waals surface area contributed by atoms with Crippen LogP contribution in [0.2, 0.25) is 0 Å². The molecule has 0 bridgehead atoms. The van der Waals surface area contributed by atoms with Crippen LogP contribution in [0.5, 0.6) is 5.75 Å². The molecule has 0 fully saturated rings. The molecule has 0 heterocycles. The Kier molecular flexibility index (Phi) is 3.60. The minimum Gasteiger partial charge on any atom is -0.493 e. The van der Waals surface area contributed by atoms with Crippen molar-refractivity contribution in [1.29, 1.82) is 0 Å². The molecule has 0 saturated heterocycles. The van der Waals surface area contributed by atoms with Crippen LogP contribution in [0.4, 0.5) is 4.39 Å². The Morgan fingerprint density at radius 3 is 2.50 bits per heavy atom. The van der Waals surface area contributed by atoms with Gasteiger partial charge < -0.3 is 9.84 Å². The summed E-state index contributed by atoms with van der Waals surface area (Å²) in [6, 6.07) is 2.55. The monoisotopic (exact) mass is 226 g/mol. The van der Waals surface area contributed by atoms with Crippen molar-refractivity contribution in [3.63, 3.8) is 0 Å². The Labute approximate surface area is 91.7 Å².